The lowest BCUT2D eigenvalue weighted by atomic mass is 10.1. The van der Waals surface area contributed by atoms with Crippen LogP contribution >= 0.6 is 0 Å². The summed E-state index contributed by atoms with van der Waals surface area (Å²) in [5.74, 6) is -0.419. The summed E-state index contributed by atoms with van der Waals surface area (Å²) in [4.78, 5) is 11.3. The maximum Gasteiger partial charge on any atom is 0.335 e. The summed E-state index contributed by atoms with van der Waals surface area (Å²) < 4.78 is 38.9. The second-order valence-corrected chi connectivity index (χ2v) is 8.76. The summed E-state index contributed by atoms with van der Waals surface area (Å²) in [6.45, 7) is 1.26. The summed E-state index contributed by atoms with van der Waals surface area (Å²) in [5, 5.41) is 12.4. The molecule has 1 heterocycles. The fourth-order valence-electron chi connectivity index (χ4n) is 3.24. The van der Waals surface area contributed by atoms with Gasteiger partial charge < -0.3 is 19.9 Å². The quantitative estimate of drug-likeness (QED) is 0.526. The molecule has 0 radical (unpaired) electrons. The van der Waals surface area contributed by atoms with Gasteiger partial charge in [-0.2, -0.15) is 0 Å². The van der Waals surface area contributed by atoms with Crippen LogP contribution in [0.3, 0.4) is 0 Å². The molecule has 162 valence electrons. The summed E-state index contributed by atoms with van der Waals surface area (Å²) in [7, 11) is -2.31. The molecule has 2 aromatic rings. The van der Waals surface area contributed by atoms with Crippen molar-refractivity contribution in [1.29, 1.82) is 0 Å². The lowest BCUT2D eigenvalue weighted by Crippen LogP contribution is -2.32. The fraction of sp³-hybridized carbons (Fsp3) is 0.381. The van der Waals surface area contributed by atoms with Gasteiger partial charge in [0.05, 0.1) is 24.5 Å². The third-order valence-corrected chi connectivity index (χ3v) is 6.39. The van der Waals surface area contributed by atoms with Crippen LogP contribution in [0.4, 0.5) is 5.69 Å². The van der Waals surface area contributed by atoms with Gasteiger partial charge in [-0.3, -0.25) is 0 Å². The van der Waals surface area contributed by atoms with Crippen LogP contribution in [0.25, 0.3) is 0 Å². The highest BCUT2D eigenvalue weighted by Crippen LogP contribution is 2.24. The third-order valence-electron chi connectivity index (χ3n) is 4.93. The van der Waals surface area contributed by atoms with Crippen molar-refractivity contribution >= 4 is 21.7 Å². The zero-order chi connectivity index (χ0) is 21.6. The zero-order valence-electron chi connectivity index (χ0n) is 16.8. The Bertz CT molecular complexity index is 969. The summed E-state index contributed by atoms with van der Waals surface area (Å²) in [6, 6.07) is 11.7. The Kier molecular flexibility index (Phi) is 7.30. The van der Waals surface area contributed by atoms with E-state index >= 15 is 0 Å². The van der Waals surface area contributed by atoms with Crippen LogP contribution < -0.4 is 14.8 Å². The molecule has 0 bridgehead atoms. The van der Waals surface area contributed by atoms with Crippen LogP contribution in [-0.2, 0) is 21.2 Å². The maximum absolute atomic E-state index is 12.9. The Labute approximate surface area is 176 Å². The molecular weight excluding hydrogens is 408 g/mol. The van der Waals surface area contributed by atoms with Gasteiger partial charge in [-0.1, -0.05) is 12.1 Å². The van der Waals surface area contributed by atoms with E-state index in [1.54, 1.807) is 7.11 Å². The van der Waals surface area contributed by atoms with Gasteiger partial charge >= 0.3 is 5.97 Å². The molecule has 30 heavy (non-hydrogen) atoms. The van der Waals surface area contributed by atoms with Crippen molar-refractivity contribution in [3.8, 4) is 5.75 Å². The molecule has 2 aromatic carbocycles. The van der Waals surface area contributed by atoms with Crippen LogP contribution in [0.15, 0.2) is 47.4 Å². The molecule has 0 amide bonds. The number of benzene rings is 2. The zero-order valence-corrected chi connectivity index (χ0v) is 17.6. The number of anilines is 1. The van der Waals surface area contributed by atoms with Gasteiger partial charge in [0, 0.05) is 19.7 Å². The van der Waals surface area contributed by atoms with E-state index < -0.39 is 16.0 Å². The van der Waals surface area contributed by atoms with E-state index in [1.165, 1.54) is 18.2 Å². The lowest BCUT2D eigenvalue weighted by Gasteiger charge is -2.16. The van der Waals surface area contributed by atoms with Crippen LogP contribution in [-0.4, -0.2) is 52.4 Å². The van der Waals surface area contributed by atoms with Gasteiger partial charge in [0.25, 0.3) is 0 Å². The van der Waals surface area contributed by atoms with E-state index in [9.17, 15) is 18.3 Å². The highest BCUT2D eigenvalue weighted by Gasteiger charge is 2.23. The van der Waals surface area contributed by atoms with E-state index in [1.807, 2.05) is 24.3 Å². The number of methoxy groups -OCH3 is 1. The second-order valence-electron chi connectivity index (χ2n) is 7.03. The minimum atomic E-state index is -3.91. The number of hydrogen-bond donors (Lipinski definition) is 3. The average molecular weight is 435 g/mol. The number of aromatic carboxylic acids is 1. The summed E-state index contributed by atoms with van der Waals surface area (Å²) in [6.07, 6.45) is 2.20. The molecule has 1 fully saturated rings. The molecule has 0 saturated carbocycles. The highest BCUT2D eigenvalue weighted by molar-refractivity contribution is 7.89. The smallest absolute Gasteiger partial charge is 0.335 e. The lowest BCUT2D eigenvalue weighted by molar-refractivity contribution is 0.0696. The number of sulfonamides is 1. The molecule has 3 rings (SSSR count). The Morgan fingerprint density at radius 1 is 1.23 bits per heavy atom. The number of carboxylic acids is 1. The van der Waals surface area contributed by atoms with E-state index in [4.69, 9.17) is 9.47 Å². The van der Waals surface area contributed by atoms with Gasteiger partial charge in [0.2, 0.25) is 10.0 Å². The molecule has 0 aliphatic carbocycles. The first-order valence-corrected chi connectivity index (χ1v) is 11.2. The number of carboxylic acid groups (broad SMARTS) is 1. The molecule has 9 heteroatoms. The Hall–Kier alpha value is -2.62. The van der Waals surface area contributed by atoms with Crippen molar-refractivity contribution in [3.63, 3.8) is 0 Å². The molecular formula is C21H26N2O6S. The van der Waals surface area contributed by atoms with Gasteiger partial charge in [0.15, 0.2) is 0 Å². The number of ether oxygens (including phenoxy) is 2. The monoisotopic (exact) mass is 434 g/mol. The van der Waals surface area contributed by atoms with Crippen LogP contribution in [0.5, 0.6) is 5.75 Å². The van der Waals surface area contributed by atoms with Crippen LogP contribution in [0, 0.1) is 0 Å². The summed E-state index contributed by atoms with van der Waals surface area (Å²) >= 11 is 0. The standard InChI is InChI=1S/C21H26N2O6S/c1-28-17-7-4-15(5-8-17)10-11-22-19-9-6-16(21(24)25)13-20(19)30(26,27)23-14-18-3-2-12-29-18/h4-9,13,18,22-23H,2-3,10-12,14H2,1H3,(H,24,25)/t18-/m0/s1. The van der Waals surface area contributed by atoms with Crippen molar-refractivity contribution in [1.82, 2.24) is 4.72 Å². The Morgan fingerprint density at radius 3 is 2.63 bits per heavy atom. The molecule has 0 unspecified atom stereocenters. The van der Waals surface area contributed by atoms with Crippen molar-refractivity contribution in [2.75, 3.05) is 32.1 Å². The van der Waals surface area contributed by atoms with E-state index in [2.05, 4.69) is 10.0 Å². The van der Waals surface area contributed by atoms with Crippen molar-refractivity contribution in [2.24, 2.45) is 0 Å². The predicted molar refractivity (Wildman–Crippen MR) is 113 cm³/mol. The van der Waals surface area contributed by atoms with E-state index in [0.717, 1.165) is 24.2 Å². The van der Waals surface area contributed by atoms with Gasteiger partial charge in [-0.25, -0.2) is 17.9 Å². The first-order chi connectivity index (χ1) is 14.4. The Morgan fingerprint density at radius 2 is 2.00 bits per heavy atom. The molecule has 1 saturated heterocycles. The average Bonchev–Trinajstić information content (AvgIpc) is 3.26. The predicted octanol–water partition coefficient (Wildman–Crippen LogP) is 2.51. The molecule has 3 N–H and O–H groups in total. The fourth-order valence-corrected chi connectivity index (χ4v) is 4.52. The molecule has 8 nitrogen and oxygen atoms in total. The molecule has 0 aromatic heterocycles. The molecule has 1 aliphatic rings. The molecule has 1 aliphatic heterocycles. The van der Waals surface area contributed by atoms with E-state index in [0.29, 0.717) is 25.3 Å². The maximum atomic E-state index is 12.9. The van der Waals surface area contributed by atoms with Crippen LogP contribution in [0.2, 0.25) is 0 Å². The molecule has 1 atom stereocenters. The number of nitrogens with one attached hydrogen (secondary N) is 2. The topological polar surface area (TPSA) is 114 Å². The van der Waals surface area contributed by atoms with E-state index in [-0.39, 0.29) is 23.1 Å². The Balaban J connectivity index is 1.72. The molecule has 0 spiro atoms. The SMILES string of the molecule is COc1ccc(CCNc2ccc(C(=O)O)cc2S(=O)(=O)NC[C@@H]2CCCO2)cc1. The van der Waals surface area contributed by atoms with Gasteiger partial charge in [0.1, 0.15) is 10.6 Å². The van der Waals surface area contributed by atoms with Crippen molar-refractivity contribution < 1.29 is 27.8 Å². The van der Waals surface area contributed by atoms with Gasteiger partial charge in [-0.05, 0) is 55.2 Å². The van der Waals surface area contributed by atoms with Crippen molar-refractivity contribution in [3.05, 3.63) is 53.6 Å². The summed E-state index contributed by atoms with van der Waals surface area (Å²) in [5.41, 5.74) is 1.33. The largest absolute Gasteiger partial charge is 0.497 e. The van der Waals surface area contributed by atoms with Gasteiger partial charge in [-0.15, -0.1) is 0 Å². The first kappa shape index (κ1) is 22.1. The first-order valence-electron chi connectivity index (χ1n) is 9.74. The third kappa shape index (κ3) is 5.71. The van der Waals surface area contributed by atoms with Crippen LogP contribution in [0.1, 0.15) is 28.8 Å². The minimum absolute atomic E-state index is 0.0878. The second kappa shape index (κ2) is 9.92. The normalized spacial score (nSPS) is 16.4. The number of hydrogen-bond acceptors (Lipinski definition) is 6. The highest BCUT2D eigenvalue weighted by atomic mass is 32.2. The van der Waals surface area contributed by atoms with Crippen molar-refractivity contribution in [2.45, 2.75) is 30.3 Å². The minimum Gasteiger partial charge on any atom is -0.497 e. The number of carbonyl (C=O) groups is 1. The number of rotatable bonds is 10.